The van der Waals surface area contributed by atoms with Crippen LogP contribution in [0.25, 0.3) is 0 Å². The zero-order valence-electron chi connectivity index (χ0n) is 9.57. The number of carbonyl (C=O) groups is 1. The van der Waals surface area contributed by atoms with Crippen molar-refractivity contribution in [1.82, 2.24) is 0 Å². The first kappa shape index (κ1) is 14.0. The first-order valence-corrected chi connectivity index (χ1v) is 5.55. The number of ether oxygens (including phenoxy) is 4. The van der Waals surface area contributed by atoms with Gasteiger partial charge in [0.2, 0.25) is 0 Å². The van der Waals surface area contributed by atoms with E-state index in [0.717, 1.165) is 0 Å². The SMILES string of the molecule is COCOc1ccc(C=O)c(OCOC)c1Br. The average molecular weight is 305 g/mol. The van der Waals surface area contributed by atoms with Gasteiger partial charge in [0, 0.05) is 14.2 Å². The quantitative estimate of drug-likeness (QED) is 0.571. The minimum absolute atomic E-state index is 0.0488. The number of halogens is 1. The monoisotopic (exact) mass is 304 g/mol. The fourth-order valence-electron chi connectivity index (χ4n) is 1.14. The fraction of sp³-hybridized carbons (Fsp3) is 0.364. The van der Waals surface area contributed by atoms with Crippen LogP contribution < -0.4 is 9.47 Å². The van der Waals surface area contributed by atoms with E-state index in [1.165, 1.54) is 14.2 Å². The van der Waals surface area contributed by atoms with E-state index in [-0.39, 0.29) is 13.6 Å². The Labute approximate surface area is 108 Å². The molecule has 94 valence electrons. The largest absolute Gasteiger partial charge is 0.466 e. The van der Waals surface area contributed by atoms with Crippen molar-refractivity contribution in [2.45, 2.75) is 0 Å². The lowest BCUT2D eigenvalue weighted by Gasteiger charge is -2.13. The normalized spacial score (nSPS) is 10.1. The molecule has 0 aliphatic heterocycles. The Balaban J connectivity index is 2.99. The molecular weight excluding hydrogens is 292 g/mol. The highest BCUT2D eigenvalue weighted by Crippen LogP contribution is 2.36. The summed E-state index contributed by atoms with van der Waals surface area (Å²) in [6.07, 6.45) is 0.704. The molecule has 0 atom stereocenters. The molecule has 17 heavy (non-hydrogen) atoms. The standard InChI is InChI=1S/C11H13BrO5/c1-14-6-16-9-4-3-8(5-13)11(10(9)12)17-7-15-2/h3-5H,6-7H2,1-2H3. The summed E-state index contributed by atoms with van der Waals surface area (Å²) in [5, 5.41) is 0. The summed E-state index contributed by atoms with van der Waals surface area (Å²) in [7, 11) is 3.02. The third kappa shape index (κ3) is 3.69. The second-order valence-corrected chi connectivity index (χ2v) is 3.81. The summed E-state index contributed by atoms with van der Waals surface area (Å²) in [5.41, 5.74) is 0.415. The second-order valence-electron chi connectivity index (χ2n) is 3.02. The molecular formula is C11H13BrO5. The molecule has 1 aromatic rings. The van der Waals surface area contributed by atoms with Crippen molar-refractivity contribution in [3.8, 4) is 11.5 Å². The third-order valence-corrected chi connectivity index (χ3v) is 2.62. The zero-order valence-corrected chi connectivity index (χ0v) is 11.2. The molecule has 0 aliphatic carbocycles. The van der Waals surface area contributed by atoms with Gasteiger partial charge in [-0.2, -0.15) is 0 Å². The van der Waals surface area contributed by atoms with E-state index in [1.54, 1.807) is 12.1 Å². The lowest BCUT2D eigenvalue weighted by atomic mass is 10.2. The Morgan fingerprint density at radius 2 is 1.82 bits per heavy atom. The Morgan fingerprint density at radius 3 is 2.41 bits per heavy atom. The summed E-state index contributed by atoms with van der Waals surface area (Å²) in [4.78, 5) is 10.9. The highest BCUT2D eigenvalue weighted by Gasteiger charge is 2.13. The lowest BCUT2D eigenvalue weighted by molar-refractivity contribution is 0.0446. The van der Waals surface area contributed by atoms with Gasteiger partial charge in [0.05, 0.1) is 5.56 Å². The first-order chi connectivity index (χ1) is 8.24. The highest BCUT2D eigenvalue weighted by atomic mass is 79.9. The van der Waals surface area contributed by atoms with E-state index in [4.69, 9.17) is 18.9 Å². The van der Waals surface area contributed by atoms with Crippen molar-refractivity contribution < 1.29 is 23.7 Å². The molecule has 0 spiro atoms. The molecule has 0 heterocycles. The smallest absolute Gasteiger partial charge is 0.188 e. The van der Waals surface area contributed by atoms with Crippen molar-refractivity contribution in [3.05, 3.63) is 22.2 Å². The number of rotatable bonds is 7. The summed E-state index contributed by atoms with van der Waals surface area (Å²) in [5.74, 6) is 0.916. The van der Waals surface area contributed by atoms with Gasteiger partial charge in [0.25, 0.3) is 0 Å². The molecule has 0 saturated carbocycles. The van der Waals surface area contributed by atoms with Crippen LogP contribution >= 0.6 is 15.9 Å². The maximum atomic E-state index is 10.9. The maximum Gasteiger partial charge on any atom is 0.188 e. The zero-order chi connectivity index (χ0) is 12.7. The molecule has 5 nitrogen and oxygen atoms in total. The fourth-order valence-corrected chi connectivity index (χ4v) is 1.73. The minimum atomic E-state index is 0.0488. The Hall–Kier alpha value is -1.11. The van der Waals surface area contributed by atoms with Crippen molar-refractivity contribution in [2.24, 2.45) is 0 Å². The molecule has 1 aromatic carbocycles. The number of benzene rings is 1. The molecule has 1 rings (SSSR count). The van der Waals surface area contributed by atoms with Gasteiger partial charge in [0.1, 0.15) is 10.2 Å². The van der Waals surface area contributed by atoms with E-state index in [2.05, 4.69) is 15.9 Å². The summed E-state index contributed by atoms with van der Waals surface area (Å²) in [6, 6.07) is 3.26. The molecule has 0 unspecified atom stereocenters. The predicted molar refractivity (Wildman–Crippen MR) is 64.5 cm³/mol. The van der Waals surface area contributed by atoms with Crippen LogP contribution in [-0.2, 0) is 9.47 Å². The van der Waals surface area contributed by atoms with Gasteiger partial charge in [-0.1, -0.05) is 0 Å². The summed E-state index contributed by atoms with van der Waals surface area (Å²) < 4.78 is 20.8. The Morgan fingerprint density at radius 1 is 1.18 bits per heavy atom. The van der Waals surface area contributed by atoms with Crippen LogP contribution in [0.2, 0.25) is 0 Å². The van der Waals surface area contributed by atoms with E-state index in [1.807, 2.05) is 0 Å². The maximum absolute atomic E-state index is 10.9. The van der Waals surface area contributed by atoms with Crippen LogP contribution in [-0.4, -0.2) is 34.1 Å². The molecule has 0 fully saturated rings. The summed E-state index contributed by atoms with van der Waals surface area (Å²) >= 11 is 3.31. The number of hydrogen-bond donors (Lipinski definition) is 0. The first-order valence-electron chi connectivity index (χ1n) is 4.75. The number of methoxy groups -OCH3 is 2. The Bertz CT molecular complexity index is 380. The molecule has 0 aliphatic rings. The lowest BCUT2D eigenvalue weighted by Crippen LogP contribution is -2.05. The minimum Gasteiger partial charge on any atom is -0.466 e. The van der Waals surface area contributed by atoms with Crippen molar-refractivity contribution in [1.29, 1.82) is 0 Å². The van der Waals surface area contributed by atoms with Gasteiger partial charge in [-0.15, -0.1) is 0 Å². The van der Waals surface area contributed by atoms with E-state index in [9.17, 15) is 4.79 Å². The van der Waals surface area contributed by atoms with E-state index in [0.29, 0.717) is 27.8 Å². The molecule has 0 saturated heterocycles. The number of carbonyl (C=O) groups excluding carboxylic acids is 1. The van der Waals surface area contributed by atoms with Crippen LogP contribution in [0.3, 0.4) is 0 Å². The molecule has 0 N–H and O–H groups in total. The number of hydrogen-bond acceptors (Lipinski definition) is 5. The van der Waals surface area contributed by atoms with E-state index >= 15 is 0 Å². The molecule has 0 bridgehead atoms. The van der Waals surface area contributed by atoms with Crippen molar-refractivity contribution >= 4 is 22.2 Å². The van der Waals surface area contributed by atoms with Crippen LogP contribution in [0.5, 0.6) is 11.5 Å². The molecule has 0 aromatic heterocycles. The van der Waals surface area contributed by atoms with Crippen molar-refractivity contribution in [3.63, 3.8) is 0 Å². The molecule has 6 heteroatoms. The average Bonchev–Trinajstić information content (AvgIpc) is 2.35. The van der Waals surface area contributed by atoms with Crippen LogP contribution in [0, 0.1) is 0 Å². The molecule has 0 amide bonds. The van der Waals surface area contributed by atoms with Crippen LogP contribution in [0.4, 0.5) is 0 Å². The van der Waals surface area contributed by atoms with Crippen molar-refractivity contribution in [2.75, 3.05) is 27.8 Å². The van der Waals surface area contributed by atoms with Crippen LogP contribution in [0.15, 0.2) is 16.6 Å². The highest BCUT2D eigenvalue weighted by molar-refractivity contribution is 9.10. The molecule has 0 radical (unpaired) electrons. The van der Waals surface area contributed by atoms with Gasteiger partial charge in [-0.05, 0) is 28.1 Å². The topological polar surface area (TPSA) is 54.0 Å². The van der Waals surface area contributed by atoms with E-state index < -0.39 is 0 Å². The van der Waals surface area contributed by atoms with Gasteiger partial charge < -0.3 is 18.9 Å². The Kier molecular flexibility index (Phi) is 5.96. The van der Waals surface area contributed by atoms with Gasteiger partial charge in [-0.3, -0.25) is 4.79 Å². The predicted octanol–water partition coefficient (Wildman–Crippen LogP) is 2.23. The second kappa shape index (κ2) is 7.26. The van der Waals surface area contributed by atoms with Gasteiger partial charge in [0.15, 0.2) is 25.6 Å². The number of aldehydes is 1. The van der Waals surface area contributed by atoms with Gasteiger partial charge in [-0.25, -0.2) is 0 Å². The summed E-state index contributed by atoms with van der Waals surface area (Å²) in [6.45, 7) is 0.163. The van der Waals surface area contributed by atoms with Crippen LogP contribution in [0.1, 0.15) is 10.4 Å². The van der Waals surface area contributed by atoms with Gasteiger partial charge >= 0.3 is 0 Å². The third-order valence-electron chi connectivity index (χ3n) is 1.87.